The first-order valence-electron chi connectivity index (χ1n) is 7.06. The summed E-state index contributed by atoms with van der Waals surface area (Å²) in [7, 11) is 0. The van der Waals surface area contributed by atoms with Crippen LogP contribution < -0.4 is 10.1 Å². The predicted octanol–water partition coefficient (Wildman–Crippen LogP) is 0.768. The van der Waals surface area contributed by atoms with Crippen molar-refractivity contribution in [3.05, 3.63) is 29.8 Å². The first kappa shape index (κ1) is 14.8. The Morgan fingerprint density at radius 1 is 1.55 bits per heavy atom. The molecule has 110 valence electrons. The van der Waals surface area contributed by atoms with E-state index in [1.54, 1.807) is 0 Å². The minimum Gasteiger partial charge on any atom is -0.494 e. The Balaban J connectivity index is 1.76. The largest absolute Gasteiger partial charge is 0.494 e. The van der Waals surface area contributed by atoms with Crippen LogP contribution in [0, 0.1) is 0 Å². The van der Waals surface area contributed by atoms with Crippen molar-refractivity contribution in [1.29, 1.82) is 0 Å². The molecule has 1 saturated heterocycles. The fourth-order valence-corrected chi connectivity index (χ4v) is 2.33. The van der Waals surface area contributed by atoms with Crippen LogP contribution in [0.25, 0.3) is 0 Å². The van der Waals surface area contributed by atoms with E-state index < -0.39 is 0 Å². The van der Waals surface area contributed by atoms with Gasteiger partial charge in [-0.1, -0.05) is 12.1 Å². The third kappa shape index (κ3) is 4.51. The summed E-state index contributed by atoms with van der Waals surface area (Å²) in [6.07, 6.45) is 0.467. The van der Waals surface area contributed by atoms with Crippen molar-refractivity contribution in [2.24, 2.45) is 0 Å². The molecule has 0 radical (unpaired) electrons. The number of likely N-dealkylation sites (tertiary alicyclic amines) is 1. The van der Waals surface area contributed by atoms with Crippen molar-refractivity contribution < 1.29 is 14.6 Å². The molecule has 0 unspecified atom stereocenters. The van der Waals surface area contributed by atoms with Gasteiger partial charge in [0, 0.05) is 19.6 Å². The second kappa shape index (κ2) is 7.26. The number of hydrogen-bond acceptors (Lipinski definition) is 4. The minimum atomic E-state index is -0.286. The summed E-state index contributed by atoms with van der Waals surface area (Å²) in [4.78, 5) is 13.8. The van der Waals surface area contributed by atoms with Gasteiger partial charge in [-0.3, -0.25) is 9.69 Å². The SMILES string of the molecule is CCOc1cccc(CNC(=O)CN2CC[C@H](O)C2)c1. The van der Waals surface area contributed by atoms with Gasteiger partial charge in [0.25, 0.3) is 0 Å². The number of aliphatic hydroxyl groups is 1. The van der Waals surface area contributed by atoms with Crippen molar-refractivity contribution >= 4 is 5.91 Å². The number of nitrogens with one attached hydrogen (secondary N) is 1. The summed E-state index contributed by atoms with van der Waals surface area (Å²) >= 11 is 0. The molecule has 0 bridgehead atoms. The van der Waals surface area contributed by atoms with E-state index in [2.05, 4.69) is 5.32 Å². The molecule has 1 aliphatic heterocycles. The third-order valence-electron chi connectivity index (χ3n) is 3.31. The molecule has 1 aromatic rings. The Morgan fingerprint density at radius 2 is 2.40 bits per heavy atom. The molecule has 1 heterocycles. The lowest BCUT2D eigenvalue weighted by Crippen LogP contribution is -2.36. The van der Waals surface area contributed by atoms with E-state index in [0.29, 0.717) is 26.2 Å². The smallest absolute Gasteiger partial charge is 0.234 e. The lowest BCUT2D eigenvalue weighted by molar-refractivity contribution is -0.122. The van der Waals surface area contributed by atoms with Gasteiger partial charge in [-0.15, -0.1) is 0 Å². The van der Waals surface area contributed by atoms with E-state index in [0.717, 1.165) is 24.3 Å². The molecule has 20 heavy (non-hydrogen) atoms. The molecule has 1 amide bonds. The lowest BCUT2D eigenvalue weighted by atomic mass is 10.2. The Kier molecular flexibility index (Phi) is 5.38. The summed E-state index contributed by atoms with van der Waals surface area (Å²) in [5, 5.41) is 12.3. The van der Waals surface area contributed by atoms with Gasteiger partial charge in [0.2, 0.25) is 5.91 Å². The van der Waals surface area contributed by atoms with Gasteiger partial charge < -0.3 is 15.2 Å². The molecule has 1 aromatic carbocycles. The molecule has 0 aliphatic carbocycles. The quantitative estimate of drug-likeness (QED) is 0.807. The molecule has 1 aliphatic rings. The van der Waals surface area contributed by atoms with Crippen LogP contribution >= 0.6 is 0 Å². The Labute approximate surface area is 119 Å². The van der Waals surface area contributed by atoms with E-state index in [1.165, 1.54) is 0 Å². The third-order valence-corrected chi connectivity index (χ3v) is 3.31. The highest BCUT2D eigenvalue weighted by atomic mass is 16.5. The van der Waals surface area contributed by atoms with Crippen LogP contribution in [0.4, 0.5) is 0 Å². The van der Waals surface area contributed by atoms with E-state index in [4.69, 9.17) is 4.74 Å². The molecule has 0 spiro atoms. The number of aliphatic hydroxyl groups excluding tert-OH is 1. The first-order valence-corrected chi connectivity index (χ1v) is 7.06. The van der Waals surface area contributed by atoms with Gasteiger partial charge in [0.05, 0.1) is 19.3 Å². The number of carbonyl (C=O) groups excluding carboxylic acids is 1. The number of nitrogens with zero attached hydrogens (tertiary/aromatic N) is 1. The van der Waals surface area contributed by atoms with Crippen LogP contribution in [0.1, 0.15) is 18.9 Å². The van der Waals surface area contributed by atoms with Crippen LogP contribution in [0.2, 0.25) is 0 Å². The summed E-state index contributed by atoms with van der Waals surface area (Å²) in [6.45, 7) is 4.80. The highest BCUT2D eigenvalue weighted by Crippen LogP contribution is 2.13. The topological polar surface area (TPSA) is 61.8 Å². The van der Waals surface area contributed by atoms with Crippen LogP contribution in [-0.2, 0) is 11.3 Å². The fraction of sp³-hybridized carbons (Fsp3) is 0.533. The highest BCUT2D eigenvalue weighted by molar-refractivity contribution is 5.78. The molecule has 1 fully saturated rings. The number of rotatable bonds is 6. The number of hydrogen-bond donors (Lipinski definition) is 2. The average Bonchev–Trinajstić information content (AvgIpc) is 2.83. The molecule has 0 saturated carbocycles. The van der Waals surface area contributed by atoms with Crippen molar-refractivity contribution in [1.82, 2.24) is 10.2 Å². The normalized spacial score (nSPS) is 19.0. The van der Waals surface area contributed by atoms with Crippen molar-refractivity contribution in [3.8, 4) is 5.75 Å². The van der Waals surface area contributed by atoms with Gasteiger partial charge in [0.15, 0.2) is 0 Å². The van der Waals surface area contributed by atoms with Crippen molar-refractivity contribution in [3.63, 3.8) is 0 Å². The molecule has 1 atom stereocenters. The maximum absolute atomic E-state index is 11.8. The number of β-amino-alcohol motifs (C(OH)–C–C–N with tert-alkyl or cyclic N) is 1. The van der Waals surface area contributed by atoms with Crippen molar-refractivity contribution in [2.45, 2.75) is 26.0 Å². The van der Waals surface area contributed by atoms with Crippen molar-refractivity contribution in [2.75, 3.05) is 26.2 Å². The zero-order valence-electron chi connectivity index (χ0n) is 11.8. The van der Waals surface area contributed by atoms with Gasteiger partial charge in [-0.25, -0.2) is 0 Å². The Morgan fingerprint density at radius 3 is 3.10 bits per heavy atom. The highest BCUT2D eigenvalue weighted by Gasteiger charge is 2.21. The second-order valence-corrected chi connectivity index (χ2v) is 5.03. The van der Waals surface area contributed by atoms with Crippen LogP contribution in [0.5, 0.6) is 5.75 Å². The van der Waals surface area contributed by atoms with Crippen LogP contribution in [0.15, 0.2) is 24.3 Å². The van der Waals surface area contributed by atoms with E-state index in [-0.39, 0.29) is 12.0 Å². The number of amides is 1. The van der Waals surface area contributed by atoms with E-state index in [9.17, 15) is 9.90 Å². The van der Waals surface area contributed by atoms with Gasteiger partial charge >= 0.3 is 0 Å². The monoisotopic (exact) mass is 278 g/mol. The maximum atomic E-state index is 11.8. The summed E-state index contributed by atoms with van der Waals surface area (Å²) in [5.41, 5.74) is 1.02. The van der Waals surface area contributed by atoms with Crippen LogP contribution in [0.3, 0.4) is 0 Å². The molecule has 0 aromatic heterocycles. The Hall–Kier alpha value is -1.59. The zero-order chi connectivity index (χ0) is 14.4. The Bertz CT molecular complexity index is 450. The lowest BCUT2D eigenvalue weighted by Gasteiger charge is -2.14. The molecule has 2 rings (SSSR count). The fourth-order valence-electron chi connectivity index (χ4n) is 2.33. The molecular formula is C15H22N2O3. The average molecular weight is 278 g/mol. The number of carbonyl (C=O) groups is 1. The number of ether oxygens (including phenoxy) is 1. The van der Waals surface area contributed by atoms with Gasteiger partial charge in [0.1, 0.15) is 5.75 Å². The maximum Gasteiger partial charge on any atom is 0.234 e. The number of benzene rings is 1. The van der Waals surface area contributed by atoms with Gasteiger partial charge in [-0.05, 0) is 31.0 Å². The molecule has 5 heteroatoms. The van der Waals surface area contributed by atoms with E-state index >= 15 is 0 Å². The predicted molar refractivity (Wildman–Crippen MR) is 76.5 cm³/mol. The standard InChI is InChI=1S/C15H22N2O3/c1-2-20-14-5-3-4-12(8-14)9-16-15(19)11-17-7-6-13(18)10-17/h3-5,8,13,18H,2,6-7,9-11H2,1H3,(H,16,19)/t13-/m0/s1. The van der Waals surface area contributed by atoms with E-state index in [1.807, 2.05) is 36.1 Å². The second-order valence-electron chi connectivity index (χ2n) is 5.03. The summed E-state index contributed by atoms with van der Waals surface area (Å²) in [5.74, 6) is 0.808. The van der Waals surface area contributed by atoms with Gasteiger partial charge in [-0.2, -0.15) is 0 Å². The molecular weight excluding hydrogens is 256 g/mol. The zero-order valence-corrected chi connectivity index (χ0v) is 11.8. The molecule has 5 nitrogen and oxygen atoms in total. The van der Waals surface area contributed by atoms with Crippen LogP contribution in [-0.4, -0.2) is 48.3 Å². The first-order chi connectivity index (χ1) is 9.67. The summed E-state index contributed by atoms with van der Waals surface area (Å²) < 4.78 is 5.42. The minimum absolute atomic E-state index is 0.0130. The summed E-state index contributed by atoms with van der Waals surface area (Å²) in [6, 6.07) is 7.72. The molecule has 2 N–H and O–H groups in total.